The second-order valence-corrected chi connectivity index (χ2v) is 8.55. The van der Waals surface area contributed by atoms with E-state index in [0.29, 0.717) is 30.5 Å². The number of thiazole rings is 2. The maximum Gasteiger partial charge on any atom is 0.311 e. The molecule has 0 bridgehead atoms. The van der Waals surface area contributed by atoms with Crippen LogP contribution >= 0.6 is 22.7 Å². The van der Waals surface area contributed by atoms with Crippen LogP contribution < -0.4 is 10.2 Å². The van der Waals surface area contributed by atoms with E-state index in [-0.39, 0.29) is 24.2 Å². The minimum atomic E-state index is -0.314. The Morgan fingerprint density at radius 2 is 2.14 bits per heavy atom. The SMILES string of the molecule is CCOC(=O)Cc1csc(NC(=O)C2CN(c3nc4ccc(C)cc4s3)C2)n1. The van der Waals surface area contributed by atoms with Crippen molar-refractivity contribution in [2.45, 2.75) is 20.3 Å². The van der Waals surface area contributed by atoms with Gasteiger partial charge in [0.2, 0.25) is 5.91 Å². The summed E-state index contributed by atoms with van der Waals surface area (Å²) in [6, 6.07) is 6.23. The Balaban J connectivity index is 1.31. The van der Waals surface area contributed by atoms with Crippen LogP contribution in [0.4, 0.5) is 10.3 Å². The molecular formula is C19H20N4O3S2. The van der Waals surface area contributed by atoms with Crippen LogP contribution in [-0.4, -0.2) is 41.5 Å². The molecular weight excluding hydrogens is 396 g/mol. The molecule has 146 valence electrons. The first kappa shape index (κ1) is 18.8. The van der Waals surface area contributed by atoms with Gasteiger partial charge in [-0.3, -0.25) is 9.59 Å². The zero-order chi connectivity index (χ0) is 19.7. The zero-order valence-corrected chi connectivity index (χ0v) is 17.2. The van der Waals surface area contributed by atoms with Crippen molar-refractivity contribution < 1.29 is 14.3 Å². The largest absolute Gasteiger partial charge is 0.466 e. The topological polar surface area (TPSA) is 84.4 Å². The van der Waals surface area contributed by atoms with Gasteiger partial charge in [-0.2, -0.15) is 0 Å². The molecule has 1 fully saturated rings. The smallest absolute Gasteiger partial charge is 0.311 e. The van der Waals surface area contributed by atoms with Crippen molar-refractivity contribution in [2.75, 3.05) is 29.9 Å². The summed E-state index contributed by atoms with van der Waals surface area (Å²) >= 11 is 2.97. The van der Waals surface area contributed by atoms with Gasteiger partial charge in [0.15, 0.2) is 10.3 Å². The highest BCUT2D eigenvalue weighted by atomic mass is 32.1. The van der Waals surface area contributed by atoms with E-state index in [2.05, 4.69) is 39.2 Å². The number of hydrogen-bond donors (Lipinski definition) is 1. The molecule has 7 nitrogen and oxygen atoms in total. The fourth-order valence-electron chi connectivity index (χ4n) is 2.97. The second kappa shape index (κ2) is 7.84. The lowest BCUT2D eigenvalue weighted by atomic mass is 10.0. The maximum atomic E-state index is 12.4. The van der Waals surface area contributed by atoms with E-state index >= 15 is 0 Å². The lowest BCUT2D eigenvalue weighted by Gasteiger charge is -2.37. The fourth-order valence-corrected chi connectivity index (χ4v) is 4.76. The number of rotatable bonds is 6. The summed E-state index contributed by atoms with van der Waals surface area (Å²) in [6.45, 7) is 5.47. The summed E-state index contributed by atoms with van der Waals surface area (Å²) in [5.41, 5.74) is 2.82. The molecule has 0 spiro atoms. The number of benzene rings is 1. The number of carbonyl (C=O) groups excluding carboxylic acids is 2. The van der Waals surface area contributed by atoms with Crippen LogP contribution in [0.1, 0.15) is 18.2 Å². The molecule has 1 saturated heterocycles. The standard InChI is InChI=1S/C19H20N4O3S2/c1-3-26-16(24)7-13-10-27-18(20-13)22-17(25)12-8-23(9-12)19-21-14-5-4-11(2)6-15(14)28-19/h4-6,10,12H,3,7-9H2,1-2H3,(H,20,22,25). The zero-order valence-electron chi connectivity index (χ0n) is 15.6. The molecule has 2 aromatic heterocycles. The van der Waals surface area contributed by atoms with Gasteiger partial charge in [0.05, 0.1) is 34.9 Å². The van der Waals surface area contributed by atoms with E-state index in [1.54, 1.807) is 23.6 Å². The first-order valence-corrected chi connectivity index (χ1v) is 10.7. The van der Waals surface area contributed by atoms with E-state index in [9.17, 15) is 9.59 Å². The van der Waals surface area contributed by atoms with Crippen LogP contribution in [0, 0.1) is 12.8 Å². The third-order valence-electron chi connectivity index (χ3n) is 4.47. The number of hydrogen-bond acceptors (Lipinski definition) is 8. The molecule has 0 saturated carbocycles. The maximum absolute atomic E-state index is 12.4. The predicted molar refractivity (Wildman–Crippen MR) is 111 cm³/mol. The molecule has 3 heterocycles. The summed E-state index contributed by atoms with van der Waals surface area (Å²) in [6.07, 6.45) is 0.120. The Bertz CT molecular complexity index is 1020. The molecule has 4 rings (SSSR count). The number of fused-ring (bicyclic) bond motifs is 1. The van der Waals surface area contributed by atoms with Gasteiger partial charge in [-0.25, -0.2) is 9.97 Å². The summed E-state index contributed by atoms with van der Waals surface area (Å²) in [5.74, 6) is -0.456. The molecule has 0 atom stereocenters. The molecule has 1 aliphatic rings. The monoisotopic (exact) mass is 416 g/mol. The average Bonchev–Trinajstić information content (AvgIpc) is 3.20. The predicted octanol–water partition coefficient (Wildman–Crippen LogP) is 3.24. The van der Waals surface area contributed by atoms with Crippen LogP contribution in [0.2, 0.25) is 0 Å². The molecule has 1 amide bonds. The quantitative estimate of drug-likeness (QED) is 0.621. The number of aromatic nitrogens is 2. The highest BCUT2D eigenvalue weighted by molar-refractivity contribution is 7.22. The average molecular weight is 417 g/mol. The molecule has 0 aliphatic carbocycles. The summed E-state index contributed by atoms with van der Waals surface area (Å²) in [7, 11) is 0. The van der Waals surface area contributed by atoms with E-state index in [1.807, 2.05) is 6.07 Å². The van der Waals surface area contributed by atoms with Gasteiger partial charge in [-0.15, -0.1) is 11.3 Å². The van der Waals surface area contributed by atoms with Crippen molar-refractivity contribution in [3.8, 4) is 0 Å². The lowest BCUT2D eigenvalue weighted by molar-refractivity contribution is -0.142. The van der Waals surface area contributed by atoms with Crippen molar-refractivity contribution in [3.63, 3.8) is 0 Å². The Hall–Kier alpha value is -2.52. The lowest BCUT2D eigenvalue weighted by Crippen LogP contribution is -2.52. The van der Waals surface area contributed by atoms with E-state index in [4.69, 9.17) is 4.74 Å². The first-order chi connectivity index (χ1) is 13.5. The van der Waals surface area contributed by atoms with Gasteiger partial charge in [-0.05, 0) is 31.5 Å². The Kier molecular flexibility index (Phi) is 5.27. The van der Waals surface area contributed by atoms with Gasteiger partial charge in [0, 0.05) is 18.5 Å². The van der Waals surface area contributed by atoms with E-state index in [0.717, 1.165) is 10.6 Å². The fraction of sp³-hybridized carbons (Fsp3) is 0.368. The van der Waals surface area contributed by atoms with Crippen LogP contribution in [-0.2, 0) is 20.7 Å². The van der Waals surface area contributed by atoms with Crippen molar-refractivity contribution in [2.24, 2.45) is 5.92 Å². The van der Waals surface area contributed by atoms with Gasteiger partial charge in [0.25, 0.3) is 0 Å². The number of carbonyl (C=O) groups is 2. The number of anilines is 2. The van der Waals surface area contributed by atoms with Crippen LogP contribution in [0.5, 0.6) is 0 Å². The molecule has 28 heavy (non-hydrogen) atoms. The number of esters is 1. The Morgan fingerprint density at radius 1 is 1.32 bits per heavy atom. The van der Waals surface area contributed by atoms with E-state index < -0.39 is 0 Å². The molecule has 1 aliphatic heterocycles. The van der Waals surface area contributed by atoms with Gasteiger partial charge in [-0.1, -0.05) is 17.4 Å². The normalized spacial score (nSPS) is 14.1. The van der Waals surface area contributed by atoms with Crippen molar-refractivity contribution >= 4 is 55.0 Å². The summed E-state index contributed by atoms with van der Waals surface area (Å²) in [5, 5.41) is 6.08. The molecule has 0 unspecified atom stereocenters. The Labute approximate surface area is 170 Å². The Morgan fingerprint density at radius 3 is 2.93 bits per heavy atom. The molecule has 9 heteroatoms. The molecule has 0 radical (unpaired) electrons. The van der Waals surface area contributed by atoms with Crippen molar-refractivity contribution in [1.29, 1.82) is 0 Å². The minimum absolute atomic E-state index is 0.0507. The van der Waals surface area contributed by atoms with Gasteiger partial charge >= 0.3 is 5.97 Å². The van der Waals surface area contributed by atoms with Gasteiger partial charge < -0.3 is 15.0 Å². The highest BCUT2D eigenvalue weighted by Crippen LogP contribution is 2.33. The van der Waals surface area contributed by atoms with Crippen molar-refractivity contribution in [1.82, 2.24) is 9.97 Å². The van der Waals surface area contributed by atoms with Crippen LogP contribution in [0.25, 0.3) is 10.2 Å². The number of aryl methyl sites for hydroxylation is 1. The summed E-state index contributed by atoms with van der Waals surface area (Å²) < 4.78 is 6.08. The van der Waals surface area contributed by atoms with Crippen molar-refractivity contribution in [3.05, 3.63) is 34.8 Å². The number of ether oxygens (including phenoxy) is 1. The third-order valence-corrected chi connectivity index (χ3v) is 6.35. The van der Waals surface area contributed by atoms with Crippen LogP contribution in [0.3, 0.4) is 0 Å². The third kappa shape index (κ3) is 4.00. The number of amides is 1. The first-order valence-electron chi connectivity index (χ1n) is 9.05. The van der Waals surface area contributed by atoms with Gasteiger partial charge in [0.1, 0.15) is 0 Å². The molecule has 1 aromatic carbocycles. The second-order valence-electron chi connectivity index (χ2n) is 6.68. The number of nitrogens with zero attached hydrogens (tertiary/aromatic N) is 3. The minimum Gasteiger partial charge on any atom is -0.466 e. The highest BCUT2D eigenvalue weighted by Gasteiger charge is 2.34. The molecule has 3 aromatic rings. The van der Waals surface area contributed by atoms with Crippen LogP contribution in [0.15, 0.2) is 23.6 Å². The number of nitrogens with one attached hydrogen (secondary N) is 1. The summed E-state index contributed by atoms with van der Waals surface area (Å²) in [4.78, 5) is 35.0. The van der Waals surface area contributed by atoms with E-state index in [1.165, 1.54) is 21.6 Å². The molecule has 1 N–H and O–H groups in total.